The summed E-state index contributed by atoms with van der Waals surface area (Å²) in [6.45, 7) is 5.28. The first kappa shape index (κ1) is 18.4. The summed E-state index contributed by atoms with van der Waals surface area (Å²) >= 11 is 0. The van der Waals surface area contributed by atoms with Crippen LogP contribution in [-0.4, -0.2) is 29.2 Å². The van der Waals surface area contributed by atoms with E-state index in [1.54, 1.807) is 13.0 Å². The Hall–Kier alpha value is -2.95. The second-order valence-corrected chi connectivity index (χ2v) is 8.03. The Kier molecular flexibility index (Phi) is 4.33. The van der Waals surface area contributed by atoms with Gasteiger partial charge in [0.15, 0.2) is 5.78 Å². The average molecular weight is 376 g/mol. The van der Waals surface area contributed by atoms with Crippen LogP contribution in [0, 0.1) is 13.8 Å². The predicted octanol–water partition coefficient (Wildman–Crippen LogP) is 3.44. The molecule has 0 spiro atoms. The highest BCUT2D eigenvalue weighted by Crippen LogP contribution is 2.32. The minimum atomic E-state index is -1.14. The number of hydrogen-bond acceptors (Lipinski definition) is 3. The number of amides is 3. The highest BCUT2D eigenvalue weighted by molar-refractivity contribution is 6.11. The van der Waals surface area contributed by atoms with Crippen molar-refractivity contribution in [2.75, 3.05) is 6.54 Å². The number of urea groups is 1. The lowest BCUT2D eigenvalue weighted by Gasteiger charge is -2.23. The number of rotatable bonds is 4. The van der Waals surface area contributed by atoms with Crippen molar-refractivity contribution in [2.45, 2.75) is 45.6 Å². The van der Waals surface area contributed by atoms with E-state index in [1.165, 1.54) is 11.1 Å². The van der Waals surface area contributed by atoms with Crippen LogP contribution in [0.25, 0.3) is 0 Å². The third-order valence-corrected chi connectivity index (χ3v) is 5.93. The fraction of sp³-hybridized carbons (Fsp3) is 0.348. The van der Waals surface area contributed by atoms with Gasteiger partial charge in [0.25, 0.3) is 5.91 Å². The summed E-state index contributed by atoms with van der Waals surface area (Å²) in [5.41, 5.74) is 4.63. The van der Waals surface area contributed by atoms with Gasteiger partial charge in [0.1, 0.15) is 5.54 Å². The Bertz CT molecular complexity index is 1010. The van der Waals surface area contributed by atoms with Crippen molar-refractivity contribution in [1.29, 1.82) is 0 Å². The number of carbonyl (C=O) groups is 3. The summed E-state index contributed by atoms with van der Waals surface area (Å²) < 4.78 is 0. The van der Waals surface area contributed by atoms with Crippen LogP contribution in [0.15, 0.2) is 36.4 Å². The van der Waals surface area contributed by atoms with Gasteiger partial charge in [-0.1, -0.05) is 42.0 Å². The summed E-state index contributed by atoms with van der Waals surface area (Å²) in [5.74, 6) is -0.618. The zero-order valence-corrected chi connectivity index (χ0v) is 16.5. The molecule has 5 heteroatoms. The number of carbonyl (C=O) groups excluding carboxylic acids is 3. The van der Waals surface area contributed by atoms with Gasteiger partial charge in [-0.2, -0.15) is 0 Å². The van der Waals surface area contributed by atoms with Crippen molar-refractivity contribution in [1.82, 2.24) is 10.2 Å². The van der Waals surface area contributed by atoms with Gasteiger partial charge in [-0.15, -0.1) is 0 Å². The van der Waals surface area contributed by atoms with Crippen molar-refractivity contribution in [3.63, 3.8) is 0 Å². The van der Waals surface area contributed by atoms with E-state index < -0.39 is 11.6 Å². The second kappa shape index (κ2) is 6.59. The minimum absolute atomic E-state index is 0.237. The SMILES string of the molecule is Cc1ccc(C(=O)CN2C(=O)N[C@](C)(c3ccc4c(c3)CCC4)C2=O)c(C)c1. The molecule has 1 atom stereocenters. The third kappa shape index (κ3) is 2.91. The Labute approximate surface area is 164 Å². The van der Waals surface area contributed by atoms with Crippen molar-refractivity contribution < 1.29 is 14.4 Å². The van der Waals surface area contributed by atoms with Gasteiger partial charge < -0.3 is 5.32 Å². The lowest BCUT2D eigenvalue weighted by Crippen LogP contribution is -2.41. The molecule has 0 aromatic heterocycles. The highest BCUT2D eigenvalue weighted by atomic mass is 16.2. The van der Waals surface area contributed by atoms with Crippen LogP contribution in [-0.2, 0) is 23.2 Å². The molecular weight excluding hydrogens is 352 g/mol. The molecule has 28 heavy (non-hydrogen) atoms. The van der Waals surface area contributed by atoms with Crippen molar-refractivity contribution in [2.24, 2.45) is 0 Å². The van der Waals surface area contributed by atoms with Crippen LogP contribution in [0.4, 0.5) is 4.79 Å². The van der Waals surface area contributed by atoms with E-state index in [0.29, 0.717) is 5.56 Å². The molecule has 0 saturated carbocycles. The fourth-order valence-electron chi connectivity index (χ4n) is 4.27. The zero-order valence-electron chi connectivity index (χ0n) is 16.5. The average Bonchev–Trinajstić information content (AvgIpc) is 3.20. The molecule has 0 radical (unpaired) electrons. The number of fused-ring (bicyclic) bond motifs is 1. The normalized spacial score (nSPS) is 21.0. The maximum atomic E-state index is 13.1. The standard InChI is InChI=1S/C23H24N2O3/c1-14-7-10-19(15(2)11-14)20(26)13-25-21(27)23(3,24-22(25)28)18-9-8-16-5-4-6-17(16)12-18/h7-12H,4-6,13H2,1-3H3,(H,24,28)/t23-/m1/s1. The maximum absolute atomic E-state index is 13.1. The second-order valence-electron chi connectivity index (χ2n) is 8.03. The molecule has 3 amide bonds. The minimum Gasteiger partial charge on any atom is -0.319 e. The topological polar surface area (TPSA) is 66.5 Å². The van der Waals surface area contributed by atoms with Gasteiger partial charge in [0.2, 0.25) is 0 Å². The van der Waals surface area contributed by atoms with E-state index in [-0.39, 0.29) is 18.2 Å². The molecule has 5 nitrogen and oxygen atoms in total. The van der Waals surface area contributed by atoms with Gasteiger partial charge in [0, 0.05) is 5.56 Å². The van der Waals surface area contributed by atoms with Crippen LogP contribution < -0.4 is 5.32 Å². The molecular formula is C23H24N2O3. The molecule has 1 aliphatic carbocycles. The van der Waals surface area contributed by atoms with Crippen molar-refractivity contribution in [3.05, 3.63) is 69.8 Å². The van der Waals surface area contributed by atoms with E-state index >= 15 is 0 Å². The van der Waals surface area contributed by atoms with Gasteiger partial charge in [-0.05, 0) is 62.3 Å². The molecule has 1 heterocycles. The first-order valence-corrected chi connectivity index (χ1v) is 9.66. The van der Waals surface area contributed by atoms with E-state index in [4.69, 9.17) is 0 Å². The first-order chi connectivity index (χ1) is 13.3. The number of Topliss-reactive ketones (excluding diaryl/α,β-unsaturated/α-hetero) is 1. The summed E-state index contributed by atoms with van der Waals surface area (Å²) in [7, 11) is 0. The van der Waals surface area contributed by atoms with E-state index in [1.807, 2.05) is 44.2 Å². The Balaban J connectivity index is 1.59. The number of nitrogens with zero attached hydrogens (tertiary/aromatic N) is 1. The molecule has 4 rings (SSSR count). The van der Waals surface area contributed by atoms with E-state index in [0.717, 1.165) is 40.9 Å². The Morgan fingerprint density at radius 3 is 2.57 bits per heavy atom. The van der Waals surface area contributed by atoms with Crippen molar-refractivity contribution >= 4 is 17.7 Å². The smallest absolute Gasteiger partial charge is 0.319 e. The van der Waals surface area contributed by atoms with E-state index in [9.17, 15) is 14.4 Å². The fourth-order valence-corrected chi connectivity index (χ4v) is 4.27. The molecule has 1 N–H and O–H groups in total. The van der Waals surface area contributed by atoms with Gasteiger partial charge in [0.05, 0.1) is 6.54 Å². The van der Waals surface area contributed by atoms with Gasteiger partial charge >= 0.3 is 6.03 Å². The summed E-state index contributed by atoms with van der Waals surface area (Å²) in [6.07, 6.45) is 3.17. The Morgan fingerprint density at radius 1 is 1.07 bits per heavy atom. The summed E-state index contributed by atoms with van der Waals surface area (Å²) in [4.78, 5) is 39.5. The number of benzene rings is 2. The van der Waals surface area contributed by atoms with Crippen LogP contribution in [0.3, 0.4) is 0 Å². The molecule has 2 aromatic rings. The number of ketones is 1. The van der Waals surface area contributed by atoms with Crippen LogP contribution in [0.5, 0.6) is 0 Å². The number of imide groups is 1. The summed E-state index contributed by atoms with van der Waals surface area (Å²) in [6, 6.07) is 11.0. The molecule has 1 aliphatic heterocycles. The summed E-state index contributed by atoms with van der Waals surface area (Å²) in [5, 5.41) is 2.80. The monoisotopic (exact) mass is 376 g/mol. The molecule has 1 saturated heterocycles. The first-order valence-electron chi connectivity index (χ1n) is 9.66. The quantitative estimate of drug-likeness (QED) is 0.657. The Morgan fingerprint density at radius 2 is 1.82 bits per heavy atom. The van der Waals surface area contributed by atoms with Crippen molar-refractivity contribution in [3.8, 4) is 0 Å². The highest BCUT2D eigenvalue weighted by Gasteiger charge is 2.49. The predicted molar refractivity (Wildman–Crippen MR) is 106 cm³/mol. The van der Waals surface area contributed by atoms with Crippen LogP contribution >= 0.6 is 0 Å². The maximum Gasteiger partial charge on any atom is 0.325 e. The van der Waals surface area contributed by atoms with E-state index in [2.05, 4.69) is 5.32 Å². The molecule has 0 unspecified atom stereocenters. The van der Waals surface area contributed by atoms with Crippen LogP contribution in [0.1, 0.15) is 51.5 Å². The largest absolute Gasteiger partial charge is 0.325 e. The lowest BCUT2D eigenvalue weighted by molar-refractivity contribution is -0.130. The van der Waals surface area contributed by atoms with Gasteiger partial charge in [-0.3, -0.25) is 14.5 Å². The lowest BCUT2D eigenvalue weighted by atomic mass is 9.89. The molecule has 2 aromatic carbocycles. The van der Waals surface area contributed by atoms with Crippen LogP contribution in [0.2, 0.25) is 0 Å². The molecule has 1 fully saturated rings. The number of nitrogens with one attached hydrogen (secondary N) is 1. The number of hydrogen-bond donors (Lipinski definition) is 1. The molecule has 144 valence electrons. The third-order valence-electron chi connectivity index (χ3n) is 5.93. The molecule has 0 bridgehead atoms. The zero-order chi connectivity index (χ0) is 20.1. The molecule has 2 aliphatic rings. The van der Waals surface area contributed by atoms with Gasteiger partial charge in [-0.25, -0.2) is 4.79 Å². The number of aryl methyl sites for hydroxylation is 4.